The topological polar surface area (TPSA) is 76.4 Å². The van der Waals surface area contributed by atoms with Gasteiger partial charge in [0.1, 0.15) is 12.4 Å². The molecule has 4 aromatic rings. The van der Waals surface area contributed by atoms with Gasteiger partial charge in [0.2, 0.25) is 5.95 Å². The fraction of sp³-hybridized carbons (Fsp3) is 0.217. The SMILES string of the molecule is O=C(c1cc2c(s1)-c1ccccc1OC2)N1CCN(c2nnnn2-c2ccccc2)CC1. The lowest BCUT2D eigenvalue weighted by Crippen LogP contribution is -2.49. The van der Waals surface area contributed by atoms with Crippen LogP contribution in [0.3, 0.4) is 0 Å². The highest BCUT2D eigenvalue weighted by molar-refractivity contribution is 7.17. The molecule has 0 aliphatic carbocycles. The summed E-state index contributed by atoms with van der Waals surface area (Å²) in [6, 6.07) is 19.8. The molecule has 1 fully saturated rings. The number of para-hydroxylation sites is 2. The van der Waals surface area contributed by atoms with Crippen LogP contribution in [0.25, 0.3) is 16.1 Å². The summed E-state index contributed by atoms with van der Waals surface area (Å²) in [5.74, 6) is 1.65. The van der Waals surface area contributed by atoms with Gasteiger partial charge in [-0.25, -0.2) is 0 Å². The summed E-state index contributed by atoms with van der Waals surface area (Å²) in [5, 5.41) is 12.2. The van der Waals surface area contributed by atoms with Crippen molar-refractivity contribution < 1.29 is 9.53 Å². The first kappa shape index (κ1) is 19.0. The number of nitrogens with zero attached hydrogens (tertiary/aromatic N) is 6. The Morgan fingerprint density at radius 2 is 1.75 bits per heavy atom. The number of anilines is 1. The molecule has 160 valence electrons. The first-order valence-corrected chi connectivity index (χ1v) is 11.3. The van der Waals surface area contributed by atoms with E-state index in [1.165, 1.54) is 0 Å². The Balaban J connectivity index is 1.18. The first-order chi connectivity index (χ1) is 15.8. The van der Waals surface area contributed by atoms with Gasteiger partial charge >= 0.3 is 0 Å². The number of rotatable bonds is 3. The van der Waals surface area contributed by atoms with Gasteiger partial charge in [0.25, 0.3) is 5.91 Å². The number of aromatic nitrogens is 4. The van der Waals surface area contributed by atoms with Crippen LogP contribution >= 0.6 is 11.3 Å². The summed E-state index contributed by atoms with van der Waals surface area (Å²) in [6.45, 7) is 3.10. The fourth-order valence-electron chi connectivity index (χ4n) is 4.19. The molecule has 0 radical (unpaired) electrons. The van der Waals surface area contributed by atoms with Crippen molar-refractivity contribution >= 4 is 23.2 Å². The molecule has 1 amide bonds. The van der Waals surface area contributed by atoms with E-state index in [1.807, 2.05) is 65.6 Å². The largest absolute Gasteiger partial charge is 0.488 e. The van der Waals surface area contributed by atoms with E-state index in [4.69, 9.17) is 4.74 Å². The molecule has 4 heterocycles. The van der Waals surface area contributed by atoms with Gasteiger partial charge in [-0.3, -0.25) is 4.79 Å². The van der Waals surface area contributed by atoms with E-state index in [0.717, 1.165) is 32.3 Å². The minimum Gasteiger partial charge on any atom is -0.488 e. The molecule has 6 rings (SSSR count). The molecule has 0 N–H and O–H groups in total. The number of carbonyl (C=O) groups is 1. The van der Waals surface area contributed by atoms with Crippen molar-refractivity contribution in [2.24, 2.45) is 0 Å². The Labute approximate surface area is 188 Å². The van der Waals surface area contributed by atoms with E-state index in [9.17, 15) is 4.79 Å². The normalized spacial score (nSPS) is 15.1. The molecule has 0 atom stereocenters. The van der Waals surface area contributed by atoms with Crippen LogP contribution in [0.5, 0.6) is 5.75 Å². The van der Waals surface area contributed by atoms with Gasteiger partial charge in [-0.2, -0.15) is 4.68 Å². The maximum Gasteiger partial charge on any atom is 0.264 e. The molecule has 0 spiro atoms. The highest BCUT2D eigenvalue weighted by Gasteiger charge is 2.28. The van der Waals surface area contributed by atoms with Gasteiger partial charge in [0.15, 0.2) is 0 Å². The zero-order valence-electron chi connectivity index (χ0n) is 17.2. The third-order valence-corrected chi connectivity index (χ3v) is 7.04. The Morgan fingerprint density at radius 3 is 2.59 bits per heavy atom. The van der Waals surface area contributed by atoms with Crippen LogP contribution in [-0.4, -0.2) is 57.2 Å². The molecule has 2 aromatic carbocycles. The Bertz CT molecular complexity index is 1280. The van der Waals surface area contributed by atoms with Crippen molar-refractivity contribution in [2.45, 2.75) is 6.61 Å². The van der Waals surface area contributed by atoms with Gasteiger partial charge in [-0.1, -0.05) is 35.4 Å². The van der Waals surface area contributed by atoms with Gasteiger partial charge in [0.05, 0.1) is 10.6 Å². The second kappa shape index (κ2) is 7.76. The zero-order valence-corrected chi connectivity index (χ0v) is 18.0. The second-order valence-electron chi connectivity index (χ2n) is 7.76. The quantitative estimate of drug-likeness (QED) is 0.483. The smallest absolute Gasteiger partial charge is 0.264 e. The molecule has 0 bridgehead atoms. The van der Waals surface area contributed by atoms with Crippen LogP contribution in [0.1, 0.15) is 15.2 Å². The van der Waals surface area contributed by atoms with Crippen molar-refractivity contribution in [3.05, 3.63) is 71.1 Å². The monoisotopic (exact) mass is 444 g/mol. The summed E-state index contributed by atoms with van der Waals surface area (Å²) in [4.78, 5) is 19.2. The van der Waals surface area contributed by atoms with Crippen LogP contribution in [0.2, 0.25) is 0 Å². The van der Waals surface area contributed by atoms with E-state index in [2.05, 4.69) is 20.4 Å². The van der Waals surface area contributed by atoms with Crippen molar-refractivity contribution in [1.29, 1.82) is 0 Å². The Morgan fingerprint density at radius 1 is 0.969 bits per heavy atom. The summed E-state index contributed by atoms with van der Waals surface area (Å²) < 4.78 is 7.58. The molecule has 2 aromatic heterocycles. The van der Waals surface area contributed by atoms with Crippen LogP contribution < -0.4 is 9.64 Å². The number of tetrazole rings is 1. The number of thiophene rings is 1. The van der Waals surface area contributed by atoms with E-state index >= 15 is 0 Å². The molecule has 1 saturated heterocycles. The lowest BCUT2D eigenvalue weighted by atomic mass is 10.1. The summed E-state index contributed by atoms with van der Waals surface area (Å²) in [6.07, 6.45) is 0. The van der Waals surface area contributed by atoms with Gasteiger partial charge in [-0.15, -0.1) is 11.3 Å². The summed E-state index contributed by atoms with van der Waals surface area (Å²) in [7, 11) is 0. The molecule has 32 heavy (non-hydrogen) atoms. The van der Waals surface area contributed by atoms with Crippen molar-refractivity contribution in [3.63, 3.8) is 0 Å². The third kappa shape index (κ3) is 3.21. The van der Waals surface area contributed by atoms with E-state index < -0.39 is 0 Å². The van der Waals surface area contributed by atoms with E-state index in [1.54, 1.807) is 16.0 Å². The molecule has 0 saturated carbocycles. The van der Waals surface area contributed by atoms with E-state index in [-0.39, 0.29) is 5.91 Å². The second-order valence-corrected chi connectivity index (χ2v) is 8.81. The number of hydrogen-bond donors (Lipinski definition) is 0. The Hall–Kier alpha value is -3.72. The van der Waals surface area contributed by atoms with Crippen molar-refractivity contribution in [1.82, 2.24) is 25.1 Å². The molecular formula is C23H20N6O2S. The maximum atomic E-state index is 13.2. The van der Waals surface area contributed by atoms with Crippen LogP contribution in [-0.2, 0) is 6.61 Å². The number of ether oxygens (including phenoxy) is 1. The zero-order chi connectivity index (χ0) is 21.5. The molecule has 8 nitrogen and oxygen atoms in total. The molecule has 2 aliphatic rings. The fourth-order valence-corrected chi connectivity index (χ4v) is 5.35. The number of carbonyl (C=O) groups excluding carboxylic acids is 1. The number of benzene rings is 2. The highest BCUT2D eigenvalue weighted by Crippen LogP contribution is 2.42. The Kier molecular flexibility index (Phi) is 4.61. The molecular weight excluding hydrogens is 424 g/mol. The van der Waals surface area contributed by atoms with Gasteiger partial charge in [0, 0.05) is 42.2 Å². The summed E-state index contributed by atoms with van der Waals surface area (Å²) >= 11 is 1.56. The number of hydrogen-bond acceptors (Lipinski definition) is 7. The van der Waals surface area contributed by atoms with Crippen molar-refractivity contribution in [2.75, 3.05) is 31.1 Å². The van der Waals surface area contributed by atoms with Gasteiger partial charge in [-0.05, 0) is 40.8 Å². The predicted octanol–water partition coefficient (Wildman–Crippen LogP) is 3.25. The van der Waals surface area contributed by atoms with Crippen LogP contribution in [0.4, 0.5) is 5.95 Å². The summed E-state index contributed by atoms with van der Waals surface area (Å²) in [5.41, 5.74) is 3.06. The van der Waals surface area contributed by atoms with Crippen LogP contribution in [0.15, 0.2) is 60.7 Å². The first-order valence-electron chi connectivity index (χ1n) is 10.5. The maximum absolute atomic E-state index is 13.2. The van der Waals surface area contributed by atoms with Crippen LogP contribution in [0, 0.1) is 0 Å². The lowest BCUT2D eigenvalue weighted by molar-refractivity contribution is 0.0751. The molecule has 9 heteroatoms. The average molecular weight is 445 g/mol. The number of piperazine rings is 1. The third-order valence-electron chi connectivity index (χ3n) is 5.84. The molecule has 0 unspecified atom stereocenters. The van der Waals surface area contributed by atoms with Crippen molar-refractivity contribution in [3.8, 4) is 21.9 Å². The lowest BCUT2D eigenvalue weighted by Gasteiger charge is -2.34. The van der Waals surface area contributed by atoms with E-state index in [0.29, 0.717) is 38.7 Å². The average Bonchev–Trinajstić information content (AvgIpc) is 3.52. The minimum absolute atomic E-state index is 0.0733. The minimum atomic E-state index is 0.0733. The molecule has 2 aliphatic heterocycles. The number of fused-ring (bicyclic) bond motifs is 3. The van der Waals surface area contributed by atoms with Gasteiger partial charge < -0.3 is 14.5 Å². The predicted molar refractivity (Wildman–Crippen MR) is 121 cm³/mol. The highest BCUT2D eigenvalue weighted by atomic mass is 32.1. The number of amides is 1. The standard InChI is InChI=1S/C23H20N6O2S/c30-22(20-14-16-15-31-19-9-5-4-8-18(19)21(16)32-20)27-10-12-28(13-11-27)23-24-25-26-29(23)17-6-2-1-3-7-17/h1-9,14H,10-13,15H2.